The van der Waals surface area contributed by atoms with Crippen LogP contribution in [0.4, 0.5) is 0 Å². The van der Waals surface area contributed by atoms with Crippen LogP contribution in [0.2, 0.25) is 0 Å². The fraction of sp³-hybridized carbons (Fsp3) is 0.286. The normalized spacial score (nSPS) is 16.8. The van der Waals surface area contributed by atoms with Crippen LogP contribution in [0.25, 0.3) is 11.3 Å². The number of aliphatic hydroxyl groups is 1. The molecule has 0 unspecified atom stereocenters. The molecule has 3 aromatic rings. The van der Waals surface area contributed by atoms with Gasteiger partial charge in [0, 0.05) is 29.8 Å². The Morgan fingerprint density at radius 2 is 1.85 bits per heavy atom. The fourth-order valence-corrected chi connectivity index (χ4v) is 3.58. The predicted molar refractivity (Wildman–Crippen MR) is 101 cm³/mol. The third-order valence-electron chi connectivity index (χ3n) is 4.83. The van der Waals surface area contributed by atoms with Gasteiger partial charge in [-0.05, 0) is 12.1 Å². The number of ether oxygens (including phenoxy) is 2. The summed E-state index contributed by atoms with van der Waals surface area (Å²) in [6, 6.07) is 13.6. The molecule has 2 aromatic carbocycles. The number of β-amino-alcohol motifs (C(OH)–C–C–N with tert-alkyl or cyclic N) is 1. The average Bonchev–Trinajstić information content (AvgIpc) is 3.16. The molecule has 1 aliphatic rings. The minimum atomic E-state index is -0.664. The SMILES string of the molecule is COc1ccc(OC)c2c1CN(Cc1ncc(-c3ccccc3)o1)C[C@H]2O. The molecular formula is C21H22N2O4. The molecular weight excluding hydrogens is 344 g/mol. The molecule has 0 aliphatic carbocycles. The first-order chi connectivity index (χ1) is 13.2. The van der Waals surface area contributed by atoms with E-state index in [9.17, 15) is 5.11 Å². The van der Waals surface area contributed by atoms with Crippen molar-refractivity contribution in [1.29, 1.82) is 0 Å². The minimum Gasteiger partial charge on any atom is -0.496 e. The first-order valence-corrected chi connectivity index (χ1v) is 8.84. The molecule has 0 amide bonds. The molecule has 1 aromatic heterocycles. The highest BCUT2D eigenvalue weighted by Gasteiger charge is 2.30. The van der Waals surface area contributed by atoms with Crippen molar-refractivity contribution in [2.45, 2.75) is 19.2 Å². The van der Waals surface area contributed by atoms with Crippen molar-refractivity contribution in [3.8, 4) is 22.8 Å². The fourth-order valence-electron chi connectivity index (χ4n) is 3.58. The quantitative estimate of drug-likeness (QED) is 0.746. The van der Waals surface area contributed by atoms with E-state index in [2.05, 4.69) is 9.88 Å². The summed E-state index contributed by atoms with van der Waals surface area (Å²) in [5.74, 6) is 2.78. The second-order valence-electron chi connectivity index (χ2n) is 6.53. The summed E-state index contributed by atoms with van der Waals surface area (Å²) in [6.07, 6.45) is 1.07. The first-order valence-electron chi connectivity index (χ1n) is 8.84. The zero-order chi connectivity index (χ0) is 18.8. The number of aromatic nitrogens is 1. The third-order valence-corrected chi connectivity index (χ3v) is 4.83. The smallest absolute Gasteiger partial charge is 0.209 e. The third kappa shape index (κ3) is 3.41. The van der Waals surface area contributed by atoms with Gasteiger partial charge >= 0.3 is 0 Å². The Morgan fingerprint density at radius 3 is 2.59 bits per heavy atom. The van der Waals surface area contributed by atoms with Gasteiger partial charge in [0.1, 0.15) is 11.5 Å². The van der Waals surface area contributed by atoms with Crippen molar-refractivity contribution >= 4 is 0 Å². The lowest BCUT2D eigenvalue weighted by Crippen LogP contribution is -2.33. The average molecular weight is 366 g/mol. The number of hydrogen-bond acceptors (Lipinski definition) is 6. The highest BCUT2D eigenvalue weighted by molar-refractivity contribution is 5.55. The van der Waals surface area contributed by atoms with Gasteiger partial charge in [-0.25, -0.2) is 4.98 Å². The zero-order valence-electron chi connectivity index (χ0n) is 15.4. The summed E-state index contributed by atoms with van der Waals surface area (Å²) >= 11 is 0. The van der Waals surface area contributed by atoms with Crippen molar-refractivity contribution in [3.63, 3.8) is 0 Å². The van der Waals surface area contributed by atoms with Crippen LogP contribution in [0.15, 0.2) is 53.1 Å². The van der Waals surface area contributed by atoms with Crippen molar-refractivity contribution in [2.24, 2.45) is 0 Å². The van der Waals surface area contributed by atoms with Crippen LogP contribution in [0.1, 0.15) is 23.1 Å². The Kier molecular flexibility index (Phi) is 4.83. The predicted octanol–water partition coefficient (Wildman–Crippen LogP) is 3.41. The van der Waals surface area contributed by atoms with E-state index in [-0.39, 0.29) is 0 Å². The molecule has 1 aliphatic heterocycles. The van der Waals surface area contributed by atoms with Crippen LogP contribution in [-0.2, 0) is 13.1 Å². The summed E-state index contributed by atoms with van der Waals surface area (Å²) in [4.78, 5) is 6.49. The lowest BCUT2D eigenvalue weighted by Gasteiger charge is -2.33. The van der Waals surface area contributed by atoms with Crippen LogP contribution in [0.5, 0.6) is 11.5 Å². The number of methoxy groups -OCH3 is 2. The summed E-state index contributed by atoms with van der Waals surface area (Å²) in [5, 5.41) is 10.7. The van der Waals surface area contributed by atoms with Crippen molar-refractivity contribution < 1.29 is 19.0 Å². The van der Waals surface area contributed by atoms with Gasteiger partial charge in [0.2, 0.25) is 5.89 Å². The summed E-state index contributed by atoms with van der Waals surface area (Å²) in [5.41, 5.74) is 2.72. The highest BCUT2D eigenvalue weighted by atomic mass is 16.5. The second kappa shape index (κ2) is 7.42. The van der Waals surface area contributed by atoms with Crippen molar-refractivity contribution in [1.82, 2.24) is 9.88 Å². The van der Waals surface area contributed by atoms with Gasteiger partial charge in [0.25, 0.3) is 0 Å². The second-order valence-corrected chi connectivity index (χ2v) is 6.53. The molecule has 1 N–H and O–H groups in total. The van der Waals surface area contributed by atoms with E-state index in [4.69, 9.17) is 13.9 Å². The standard InChI is InChI=1S/C21H22N2O4/c1-25-17-8-9-18(26-2)21-15(17)11-23(12-16(21)24)13-20-22-10-19(27-20)14-6-4-3-5-7-14/h3-10,16,24H,11-13H2,1-2H3/t16-/m1/s1. The van der Waals surface area contributed by atoms with E-state index < -0.39 is 6.10 Å². The molecule has 140 valence electrons. The van der Waals surface area contributed by atoms with Crippen molar-refractivity contribution in [3.05, 3.63) is 65.7 Å². The van der Waals surface area contributed by atoms with E-state index in [0.717, 1.165) is 28.2 Å². The van der Waals surface area contributed by atoms with E-state index >= 15 is 0 Å². The number of aliphatic hydroxyl groups excluding tert-OH is 1. The Labute approximate surface area is 158 Å². The Morgan fingerprint density at radius 1 is 1.11 bits per heavy atom. The van der Waals surface area contributed by atoms with Gasteiger partial charge in [-0.3, -0.25) is 4.90 Å². The summed E-state index contributed by atoms with van der Waals surface area (Å²) in [7, 11) is 3.24. The Balaban J connectivity index is 1.57. The van der Waals surface area contributed by atoms with Crippen molar-refractivity contribution in [2.75, 3.05) is 20.8 Å². The van der Waals surface area contributed by atoms with Gasteiger partial charge < -0.3 is 19.0 Å². The van der Waals surface area contributed by atoms with Crippen LogP contribution < -0.4 is 9.47 Å². The molecule has 0 fully saturated rings. The summed E-state index contributed by atoms with van der Waals surface area (Å²) < 4.78 is 16.8. The highest BCUT2D eigenvalue weighted by Crippen LogP contribution is 2.39. The number of oxazole rings is 1. The molecule has 27 heavy (non-hydrogen) atoms. The lowest BCUT2D eigenvalue weighted by atomic mass is 9.95. The molecule has 0 bridgehead atoms. The van der Waals surface area contributed by atoms with E-state index in [1.165, 1.54) is 0 Å². The number of hydrogen-bond donors (Lipinski definition) is 1. The van der Waals surface area contributed by atoms with Crippen LogP contribution in [0, 0.1) is 0 Å². The summed E-state index contributed by atoms with van der Waals surface area (Å²) in [6.45, 7) is 1.60. The topological polar surface area (TPSA) is 68.0 Å². The van der Waals surface area contributed by atoms with Gasteiger partial charge in [-0.2, -0.15) is 0 Å². The maximum atomic E-state index is 10.7. The van der Waals surface area contributed by atoms with E-state index in [0.29, 0.717) is 31.3 Å². The molecule has 0 radical (unpaired) electrons. The molecule has 0 saturated heterocycles. The molecule has 0 spiro atoms. The van der Waals surface area contributed by atoms with E-state index in [1.807, 2.05) is 42.5 Å². The number of rotatable bonds is 5. The van der Waals surface area contributed by atoms with Gasteiger partial charge in [0.15, 0.2) is 5.76 Å². The number of fused-ring (bicyclic) bond motifs is 1. The Hall–Kier alpha value is -2.83. The maximum Gasteiger partial charge on any atom is 0.209 e. The molecule has 2 heterocycles. The largest absolute Gasteiger partial charge is 0.496 e. The monoisotopic (exact) mass is 366 g/mol. The Bertz CT molecular complexity index is 923. The van der Waals surface area contributed by atoms with Gasteiger partial charge in [0.05, 0.1) is 33.1 Å². The molecule has 1 atom stereocenters. The molecule has 6 nitrogen and oxygen atoms in total. The van der Waals surface area contributed by atoms with Crippen LogP contribution in [-0.4, -0.2) is 35.8 Å². The van der Waals surface area contributed by atoms with Crippen LogP contribution >= 0.6 is 0 Å². The van der Waals surface area contributed by atoms with Crippen LogP contribution in [0.3, 0.4) is 0 Å². The molecule has 4 rings (SSSR count). The zero-order valence-corrected chi connectivity index (χ0v) is 15.4. The van der Waals surface area contributed by atoms with Gasteiger partial charge in [-0.15, -0.1) is 0 Å². The lowest BCUT2D eigenvalue weighted by molar-refractivity contribution is 0.0794. The maximum absolute atomic E-state index is 10.7. The van der Waals surface area contributed by atoms with E-state index in [1.54, 1.807) is 20.4 Å². The number of nitrogens with zero attached hydrogens (tertiary/aromatic N) is 2. The molecule has 6 heteroatoms. The number of benzene rings is 2. The molecule has 0 saturated carbocycles. The van der Waals surface area contributed by atoms with Gasteiger partial charge in [-0.1, -0.05) is 30.3 Å². The minimum absolute atomic E-state index is 0.472. The first kappa shape index (κ1) is 17.6.